The molecule has 0 aliphatic heterocycles. The average Bonchev–Trinajstić information content (AvgIpc) is 2.75. The van der Waals surface area contributed by atoms with Crippen LogP contribution in [0.5, 0.6) is 5.75 Å². The number of benzene rings is 2. The van der Waals surface area contributed by atoms with Gasteiger partial charge in [0.1, 0.15) is 12.3 Å². The SMILES string of the molecule is CCC(CC)(c1ccc(OCCC(C)(C)C)c(C)c1)c1ccc(C(=O)N(C)CC(=O)O)c(C)c1. The monoisotopic (exact) mass is 467 g/mol. The van der Waals surface area contributed by atoms with E-state index in [0.29, 0.717) is 12.2 Å². The van der Waals surface area contributed by atoms with E-state index in [4.69, 9.17) is 9.84 Å². The zero-order chi connectivity index (χ0) is 25.7. The summed E-state index contributed by atoms with van der Waals surface area (Å²) >= 11 is 0. The van der Waals surface area contributed by atoms with E-state index in [9.17, 15) is 9.59 Å². The Balaban J connectivity index is 2.37. The van der Waals surface area contributed by atoms with Crippen LogP contribution in [-0.2, 0) is 10.2 Å². The van der Waals surface area contributed by atoms with Gasteiger partial charge in [0.15, 0.2) is 0 Å². The first-order chi connectivity index (χ1) is 15.8. The Bertz CT molecular complexity index is 1020. The Kier molecular flexibility index (Phi) is 8.93. The molecule has 0 aliphatic rings. The van der Waals surface area contributed by atoms with Crippen molar-refractivity contribution in [2.75, 3.05) is 20.2 Å². The number of carboxylic acid groups (broad SMARTS) is 1. The maximum Gasteiger partial charge on any atom is 0.323 e. The lowest BCUT2D eigenvalue weighted by atomic mass is 9.70. The van der Waals surface area contributed by atoms with Crippen LogP contribution in [0.4, 0.5) is 0 Å². The number of nitrogens with zero attached hydrogens (tertiary/aromatic N) is 1. The van der Waals surface area contributed by atoms with Gasteiger partial charge in [-0.2, -0.15) is 0 Å². The first kappa shape index (κ1) is 27.4. The van der Waals surface area contributed by atoms with Crippen molar-refractivity contribution >= 4 is 11.9 Å². The lowest BCUT2D eigenvalue weighted by molar-refractivity contribution is -0.137. The predicted molar refractivity (Wildman–Crippen MR) is 138 cm³/mol. The van der Waals surface area contributed by atoms with Crippen molar-refractivity contribution in [1.29, 1.82) is 0 Å². The summed E-state index contributed by atoms with van der Waals surface area (Å²) in [7, 11) is 1.51. The molecule has 2 aromatic rings. The van der Waals surface area contributed by atoms with Crippen LogP contribution in [-0.4, -0.2) is 42.1 Å². The summed E-state index contributed by atoms with van der Waals surface area (Å²) in [5.74, 6) is -0.382. The minimum absolute atomic E-state index is 0.187. The highest BCUT2D eigenvalue weighted by Crippen LogP contribution is 2.41. The van der Waals surface area contributed by atoms with E-state index in [2.05, 4.69) is 65.8 Å². The van der Waals surface area contributed by atoms with Gasteiger partial charge in [0.05, 0.1) is 6.61 Å². The fourth-order valence-corrected chi connectivity index (χ4v) is 4.49. The number of carbonyl (C=O) groups is 2. The standard InChI is InChI=1S/C29H41NO4/c1-9-29(10-2,23-12-14-25(21(4)18-23)34-16-15-28(5,6)7)22-11-13-24(20(3)17-22)27(33)30(8)19-26(31)32/h11-14,17-18H,9-10,15-16,19H2,1-8H3,(H,31,32). The molecule has 2 rings (SSSR count). The van der Waals surface area contributed by atoms with Crippen LogP contribution in [0.1, 0.15) is 86.5 Å². The summed E-state index contributed by atoms with van der Waals surface area (Å²) in [5, 5.41) is 9.01. The molecule has 0 aliphatic carbocycles. The van der Waals surface area contributed by atoms with Gasteiger partial charge in [-0.3, -0.25) is 9.59 Å². The molecule has 1 N–H and O–H groups in total. The Morgan fingerprint density at radius 1 is 0.941 bits per heavy atom. The van der Waals surface area contributed by atoms with Gasteiger partial charge in [-0.15, -0.1) is 0 Å². The molecule has 0 heterocycles. The Labute approximate surface area is 205 Å². The molecule has 5 nitrogen and oxygen atoms in total. The highest BCUT2D eigenvalue weighted by Gasteiger charge is 2.32. The molecule has 0 radical (unpaired) electrons. The van der Waals surface area contributed by atoms with Gasteiger partial charge >= 0.3 is 5.97 Å². The number of ether oxygens (including phenoxy) is 1. The molecule has 0 saturated carbocycles. The van der Waals surface area contributed by atoms with Crippen LogP contribution in [0.15, 0.2) is 36.4 Å². The second-order valence-corrected chi connectivity index (χ2v) is 10.5. The zero-order valence-electron chi connectivity index (χ0n) is 22.1. The summed E-state index contributed by atoms with van der Waals surface area (Å²) in [6.07, 6.45) is 2.83. The number of aryl methyl sites for hydroxylation is 2. The van der Waals surface area contributed by atoms with E-state index >= 15 is 0 Å². The Hall–Kier alpha value is -2.82. The van der Waals surface area contributed by atoms with Crippen molar-refractivity contribution in [2.24, 2.45) is 5.41 Å². The summed E-state index contributed by atoms with van der Waals surface area (Å²) in [6, 6.07) is 12.4. The smallest absolute Gasteiger partial charge is 0.323 e. The number of carboxylic acids is 1. The normalized spacial score (nSPS) is 11.9. The van der Waals surface area contributed by atoms with Gasteiger partial charge in [0, 0.05) is 18.0 Å². The second kappa shape index (κ2) is 11.1. The highest BCUT2D eigenvalue weighted by atomic mass is 16.5. The van der Waals surface area contributed by atoms with Crippen LogP contribution in [0.3, 0.4) is 0 Å². The van der Waals surface area contributed by atoms with Crippen molar-refractivity contribution in [3.63, 3.8) is 0 Å². The van der Waals surface area contributed by atoms with Crippen LogP contribution in [0.25, 0.3) is 0 Å². The topological polar surface area (TPSA) is 66.8 Å². The fraction of sp³-hybridized carbons (Fsp3) is 0.517. The van der Waals surface area contributed by atoms with Crippen LogP contribution < -0.4 is 4.74 Å². The molecular formula is C29H41NO4. The third kappa shape index (κ3) is 6.40. The van der Waals surface area contributed by atoms with E-state index in [1.807, 2.05) is 19.1 Å². The van der Waals surface area contributed by atoms with Crippen LogP contribution >= 0.6 is 0 Å². The molecule has 34 heavy (non-hydrogen) atoms. The molecular weight excluding hydrogens is 426 g/mol. The summed E-state index contributed by atoms with van der Waals surface area (Å²) < 4.78 is 6.08. The fourth-order valence-electron chi connectivity index (χ4n) is 4.49. The molecule has 2 aromatic carbocycles. The van der Waals surface area contributed by atoms with Crippen molar-refractivity contribution in [3.05, 3.63) is 64.2 Å². The van der Waals surface area contributed by atoms with Gasteiger partial charge in [-0.1, -0.05) is 58.9 Å². The van der Waals surface area contributed by atoms with Crippen molar-refractivity contribution in [3.8, 4) is 5.75 Å². The molecule has 0 aromatic heterocycles. The first-order valence-corrected chi connectivity index (χ1v) is 12.2. The molecule has 0 fully saturated rings. The number of rotatable bonds is 10. The minimum Gasteiger partial charge on any atom is -0.493 e. The van der Waals surface area contributed by atoms with Gasteiger partial charge in [0.2, 0.25) is 0 Å². The number of hydrogen-bond acceptors (Lipinski definition) is 3. The Morgan fingerprint density at radius 2 is 1.50 bits per heavy atom. The quantitative estimate of drug-likeness (QED) is 0.440. The second-order valence-electron chi connectivity index (χ2n) is 10.5. The van der Waals surface area contributed by atoms with Crippen LogP contribution in [0.2, 0.25) is 0 Å². The summed E-state index contributed by atoms with van der Waals surface area (Å²) in [5.41, 5.74) is 4.96. The van der Waals surface area contributed by atoms with Gasteiger partial charge in [-0.05, 0) is 72.9 Å². The number of carbonyl (C=O) groups excluding carboxylic acids is 1. The lowest BCUT2D eigenvalue weighted by Gasteiger charge is -2.34. The minimum atomic E-state index is -1.03. The lowest BCUT2D eigenvalue weighted by Crippen LogP contribution is -2.32. The molecule has 5 heteroatoms. The van der Waals surface area contributed by atoms with E-state index in [1.54, 1.807) is 0 Å². The van der Waals surface area contributed by atoms with Crippen LogP contribution in [0, 0.1) is 19.3 Å². The first-order valence-electron chi connectivity index (χ1n) is 12.2. The van der Waals surface area contributed by atoms with E-state index < -0.39 is 5.97 Å². The van der Waals surface area contributed by atoms with Crippen molar-refractivity contribution in [1.82, 2.24) is 4.90 Å². The van der Waals surface area contributed by atoms with Gasteiger partial charge < -0.3 is 14.7 Å². The maximum absolute atomic E-state index is 12.8. The van der Waals surface area contributed by atoms with E-state index in [0.717, 1.165) is 41.7 Å². The summed E-state index contributed by atoms with van der Waals surface area (Å²) in [4.78, 5) is 25.0. The average molecular weight is 468 g/mol. The number of aliphatic carboxylic acids is 1. The van der Waals surface area contributed by atoms with E-state index in [-0.39, 0.29) is 23.3 Å². The van der Waals surface area contributed by atoms with Gasteiger partial charge in [-0.25, -0.2) is 0 Å². The largest absolute Gasteiger partial charge is 0.493 e. The molecule has 186 valence electrons. The maximum atomic E-state index is 12.8. The molecule has 0 bridgehead atoms. The predicted octanol–water partition coefficient (Wildman–Crippen LogP) is 6.38. The summed E-state index contributed by atoms with van der Waals surface area (Å²) in [6.45, 7) is 15.4. The molecule has 0 unspecified atom stereocenters. The molecule has 0 atom stereocenters. The molecule has 0 spiro atoms. The van der Waals surface area contributed by atoms with Crippen molar-refractivity contribution < 1.29 is 19.4 Å². The third-order valence-electron chi connectivity index (χ3n) is 6.77. The number of hydrogen-bond donors (Lipinski definition) is 1. The number of likely N-dealkylation sites (N-methyl/N-ethyl adjacent to an activating group) is 1. The van der Waals surface area contributed by atoms with E-state index in [1.165, 1.54) is 17.5 Å². The molecule has 0 saturated heterocycles. The zero-order valence-corrected chi connectivity index (χ0v) is 22.1. The highest BCUT2D eigenvalue weighted by molar-refractivity contribution is 5.97. The van der Waals surface area contributed by atoms with Crippen molar-refractivity contribution in [2.45, 2.75) is 73.1 Å². The number of amides is 1. The third-order valence-corrected chi connectivity index (χ3v) is 6.77. The molecule has 1 amide bonds. The Morgan fingerprint density at radius 3 is 1.97 bits per heavy atom. The van der Waals surface area contributed by atoms with Gasteiger partial charge in [0.25, 0.3) is 5.91 Å².